The Labute approximate surface area is 121 Å². The van der Waals surface area contributed by atoms with E-state index in [2.05, 4.69) is 15.9 Å². The molecule has 0 aliphatic carbocycles. The van der Waals surface area contributed by atoms with Crippen LogP contribution in [0.1, 0.15) is 33.2 Å². The van der Waals surface area contributed by atoms with E-state index in [1.807, 2.05) is 55.8 Å². The third kappa shape index (κ3) is 3.00. The predicted octanol–water partition coefficient (Wildman–Crippen LogP) is 4.31. The summed E-state index contributed by atoms with van der Waals surface area (Å²) in [6.45, 7) is 5.74. The van der Waals surface area contributed by atoms with Crippen molar-refractivity contribution >= 4 is 32.8 Å². The first-order valence-corrected chi connectivity index (χ1v) is 7.28. The van der Waals surface area contributed by atoms with Crippen molar-refractivity contribution in [2.45, 2.75) is 39.3 Å². The minimum absolute atomic E-state index is 0.0856. The van der Waals surface area contributed by atoms with E-state index in [1.54, 1.807) is 0 Å². The average Bonchev–Trinajstić information content (AvgIpc) is 2.72. The molecular formula is C15H18BrNO2. The van der Waals surface area contributed by atoms with Gasteiger partial charge >= 0.3 is 5.97 Å². The van der Waals surface area contributed by atoms with Gasteiger partial charge in [0.2, 0.25) is 0 Å². The van der Waals surface area contributed by atoms with Crippen LogP contribution in [0.25, 0.3) is 10.9 Å². The highest BCUT2D eigenvalue weighted by molar-refractivity contribution is 9.10. The van der Waals surface area contributed by atoms with Gasteiger partial charge < -0.3 is 9.30 Å². The zero-order valence-corrected chi connectivity index (χ0v) is 13.0. The number of hydrogen-bond donors (Lipinski definition) is 0. The fourth-order valence-electron chi connectivity index (χ4n) is 2.19. The normalized spacial score (nSPS) is 12.9. The lowest BCUT2D eigenvalue weighted by atomic mass is 10.2. The van der Waals surface area contributed by atoms with Crippen molar-refractivity contribution in [3.63, 3.8) is 0 Å². The highest BCUT2D eigenvalue weighted by atomic mass is 79.9. The molecule has 1 atom stereocenters. The largest absolute Gasteiger partial charge is 0.461 e. The summed E-state index contributed by atoms with van der Waals surface area (Å²) in [6.07, 6.45) is 2.58. The molecule has 1 heterocycles. The van der Waals surface area contributed by atoms with Crippen LogP contribution >= 0.6 is 15.9 Å². The van der Waals surface area contributed by atoms with Crippen molar-refractivity contribution in [3.05, 3.63) is 34.9 Å². The maximum absolute atomic E-state index is 12.1. The summed E-state index contributed by atoms with van der Waals surface area (Å²) < 4.78 is 8.36. The number of hydrogen-bond acceptors (Lipinski definition) is 2. The van der Waals surface area contributed by atoms with Crippen molar-refractivity contribution in [1.82, 2.24) is 4.57 Å². The fraction of sp³-hybridized carbons (Fsp3) is 0.400. The number of esters is 1. The molecule has 0 saturated carbocycles. The van der Waals surface area contributed by atoms with E-state index in [0.717, 1.165) is 15.4 Å². The summed E-state index contributed by atoms with van der Waals surface area (Å²) in [6, 6.07) is 7.81. The average molecular weight is 324 g/mol. The molecule has 0 fully saturated rings. The number of fused-ring (bicyclic) bond motifs is 1. The van der Waals surface area contributed by atoms with Crippen molar-refractivity contribution in [2.24, 2.45) is 0 Å². The number of carbonyl (C=O) groups excluding carboxylic acids is 1. The van der Waals surface area contributed by atoms with Gasteiger partial charge in [0.25, 0.3) is 0 Å². The first-order valence-electron chi connectivity index (χ1n) is 6.49. The molecule has 2 aromatic rings. The van der Waals surface area contributed by atoms with Gasteiger partial charge in [0.15, 0.2) is 0 Å². The molecular weight excluding hydrogens is 306 g/mol. The topological polar surface area (TPSA) is 31.2 Å². The number of aromatic nitrogens is 1. The zero-order valence-electron chi connectivity index (χ0n) is 11.4. The molecule has 0 amide bonds. The summed E-state index contributed by atoms with van der Waals surface area (Å²) in [7, 11) is 0. The van der Waals surface area contributed by atoms with Gasteiger partial charge in [-0.15, -0.1) is 0 Å². The van der Waals surface area contributed by atoms with Crippen molar-refractivity contribution in [3.8, 4) is 0 Å². The molecule has 1 unspecified atom stereocenters. The number of nitrogens with zero attached hydrogens (tertiary/aromatic N) is 1. The minimum atomic E-state index is -0.263. The highest BCUT2D eigenvalue weighted by Gasteiger charge is 2.22. The lowest BCUT2D eigenvalue weighted by Crippen LogP contribution is -2.23. The van der Waals surface area contributed by atoms with Crippen LogP contribution in [0.2, 0.25) is 0 Å². The smallest absolute Gasteiger partial charge is 0.329 e. The van der Waals surface area contributed by atoms with Crippen molar-refractivity contribution in [1.29, 1.82) is 0 Å². The molecule has 3 nitrogen and oxygen atoms in total. The molecule has 0 N–H and O–H groups in total. The van der Waals surface area contributed by atoms with E-state index in [9.17, 15) is 4.79 Å². The summed E-state index contributed by atoms with van der Waals surface area (Å²) in [4.78, 5) is 12.1. The monoisotopic (exact) mass is 323 g/mol. The number of halogens is 1. The Kier molecular flexibility index (Phi) is 4.30. The Morgan fingerprint density at radius 3 is 2.74 bits per heavy atom. The Balaban J connectivity index is 2.38. The van der Waals surface area contributed by atoms with Crippen molar-refractivity contribution in [2.75, 3.05) is 0 Å². The number of rotatable bonds is 4. The van der Waals surface area contributed by atoms with Crippen LogP contribution in [0.15, 0.2) is 34.9 Å². The van der Waals surface area contributed by atoms with Crippen LogP contribution in [0, 0.1) is 0 Å². The highest BCUT2D eigenvalue weighted by Crippen LogP contribution is 2.26. The van der Waals surface area contributed by atoms with Crippen LogP contribution in [0.5, 0.6) is 0 Å². The van der Waals surface area contributed by atoms with Gasteiger partial charge in [-0.25, -0.2) is 4.79 Å². The van der Waals surface area contributed by atoms with E-state index in [4.69, 9.17) is 4.74 Å². The Hall–Kier alpha value is -1.29. The maximum Gasteiger partial charge on any atom is 0.329 e. The molecule has 0 aliphatic rings. The molecule has 102 valence electrons. The molecule has 1 aromatic carbocycles. The molecule has 2 rings (SSSR count). The first kappa shape index (κ1) is 14.1. The van der Waals surface area contributed by atoms with Gasteiger partial charge in [-0.2, -0.15) is 0 Å². The van der Waals surface area contributed by atoms with Crippen LogP contribution in [-0.2, 0) is 9.53 Å². The summed E-state index contributed by atoms with van der Waals surface area (Å²) in [5.74, 6) is -0.169. The molecule has 19 heavy (non-hydrogen) atoms. The zero-order chi connectivity index (χ0) is 14.0. The minimum Gasteiger partial charge on any atom is -0.461 e. The van der Waals surface area contributed by atoms with E-state index in [-0.39, 0.29) is 18.1 Å². The van der Waals surface area contributed by atoms with Gasteiger partial charge in [0.1, 0.15) is 6.04 Å². The maximum atomic E-state index is 12.1. The fourth-order valence-corrected chi connectivity index (χ4v) is 2.57. The van der Waals surface area contributed by atoms with Gasteiger partial charge in [0.05, 0.1) is 6.10 Å². The second-order valence-electron chi connectivity index (χ2n) is 4.84. The standard InChI is InChI=1S/C15H18BrNO2/c1-4-13(15(18)19-10(2)3)17-8-7-11-9-12(16)5-6-14(11)17/h5-10,13H,4H2,1-3H3. The van der Waals surface area contributed by atoms with Crippen LogP contribution in [0.3, 0.4) is 0 Å². The third-order valence-electron chi connectivity index (χ3n) is 3.03. The van der Waals surface area contributed by atoms with Crippen LogP contribution < -0.4 is 0 Å². The van der Waals surface area contributed by atoms with Gasteiger partial charge in [0, 0.05) is 21.6 Å². The number of ether oxygens (including phenoxy) is 1. The Bertz CT molecular complexity index is 589. The second kappa shape index (κ2) is 5.78. The molecule has 0 aliphatic heterocycles. The quantitative estimate of drug-likeness (QED) is 0.785. The first-order chi connectivity index (χ1) is 9.02. The van der Waals surface area contributed by atoms with E-state index < -0.39 is 0 Å². The van der Waals surface area contributed by atoms with Crippen LogP contribution in [-0.4, -0.2) is 16.6 Å². The molecule has 1 aromatic heterocycles. The SMILES string of the molecule is CCC(C(=O)OC(C)C)n1ccc2cc(Br)ccc21. The number of carbonyl (C=O) groups is 1. The number of benzene rings is 1. The molecule has 0 bridgehead atoms. The predicted molar refractivity (Wildman–Crippen MR) is 80.2 cm³/mol. The second-order valence-corrected chi connectivity index (χ2v) is 5.75. The molecule has 4 heteroatoms. The van der Waals surface area contributed by atoms with Crippen LogP contribution in [0.4, 0.5) is 0 Å². The summed E-state index contributed by atoms with van der Waals surface area (Å²) in [5.41, 5.74) is 1.05. The van der Waals surface area contributed by atoms with E-state index in [0.29, 0.717) is 6.42 Å². The van der Waals surface area contributed by atoms with E-state index in [1.165, 1.54) is 0 Å². The van der Waals surface area contributed by atoms with Crippen molar-refractivity contribution < 1.29 is 9.53 Å². The van der Waals surface area contributed by atoms with E-state index >= 15 is 0 Å². The lowest BCUT2D eigenvalue weighted by Gasteiger charge is -2.19. The van der Waals surface area contributed by atoms with Gasteiger partial charge in [-0.3, -0.25) is 0 Å². The molecule has 0 radical (unpaired) electrons. The molecule has 0 spiro atoms. The van der Waals surface area contributed by atoms with Gasteiger partial charge in [-0.05, 0) is 44.5 Å². The lowest BCUT2D eigenvalue weighted by molar-refractivity contribution is -0.151. The third-order valence-corrected chi connectivity index (χ3v) is 3.52. The Morgan fingerprint density at radius 2 is 2.11 bits per heavy atom. The summed E-state index contributed by atoms with van der Waals surface area (Å²) in [5, 5.41) is 1.12. The Morgan fingerprint density at radius 1 is 1.37 bits per heavy atom. The molecule has 0 saturated heterocycles. The summed E-state index contributed by atoms with van der Waals surface area (Å²) >= 11 is 3.46. The van der Waals surface area contributed by atoms with Gasteiger partial charge in [-0.1, -0.05) is 22.9 Å².